The SMILES string of the molecule is CC1(C)OC1c1ccc(C(=O)Oc2ccc(CCc3ccc(OC(=O)c4ccc(OCCCCCCOC(=O)C5(C)CC6C=CC5C6)cc4)c(/C=N/Nc4nc(-c5ccccc5)c(-c5ccccc5)s4)c3)cc2/C=N/N=C2c3ccccc3-c3ccccc32)cc1. The molecule has 0 spiro atoms. The van der Waals surface area contributed by atoms with Crippen molar-refractivity contribution < 1.29 is 38.1 Å². The van der Waals surface area contributed by atoms with Crippen LogP contribution in [0.3, 0.4) is 0 Å². The number of allylic oxidation sites excluding steroid dienone is 2. The van der Waals surface area contributed by atoms with Crippen LogP contribution in [-0.4, -0.2) is 59.8 Å². The summed E-state index contributed by atoms with van der Waals surface area (Å²) in [6.07, 6.45) is 14.4. The minimum atomic E-state index is -0.538. The van der Waals surface area contributed by atoms with Crippen molar-refractivity contribution in [2.75, 3.05) is 18.6 Å². The van der Waals surface area contributed by atoms with E-state index in [1.54, 1.807) is 61.0 Å². The third kappa shape index (κ3) is 13.7. The zero-order valence-corrected chi connectivity index (χ0v) is 51.9. The number of fused-ring (bicyclic) bond motifs is 5. The minimum absolute atomic E-state index is 0.0164. The number of hydrazone groups is 1. The van der Waals surface area contributed by atoms with Crippen molar-refractivity contribution in [3.63, 3.8) is 0 Å². The maximum Gasteiger partial charge on any atom is 0.343 e. The van der Waals surface area contributed by atoms with Crippen LogP contribution >= 0.6 is 11.3 Å². The number of unbranched alkanes of at least 4 members (excludes halogenated alkanes) is 3. The Kier molecular flexibility index (Phi) is 17.6. The van der Waals surface area contributed by atoms with Gasteiger partial charge in [0.05, 0.1) is 58.4 Å². The van der Waals surface area contributed by atoms with Crippen LogP contribution in [-0.2, 0) is 27.1 Å². The zero-order valence-electron chi connectivity index (χ0n) is 51.1. The Hall–Kier alpha value is -9.89. The average Bonchev–Trinajstić information content (AvgIpc) is 1.76. The number of carbonyl (C=O) groups excluding carboxylic acids is 3. The average molecular weight is 1220 g/mol. The van der Waals surface area contributed by atoms with Gasteiger partial charge in [-0.3, -0.25) is 10.2 Å². The highest BCUT2D eigenvalue weighted by molar-refractivity contribution is 7.19. The fraction of sp³-hybridized carbons (Fsp3) is 0.234. The van der Waals surface area contributed by atoms with Crippen molar-refractivity contribution in [2.24, 2.45) is 32.6 Å². The lowest BCUT2D eigenvalue weighted by Crippen LogP contribution is -2.34. The second-order valence-corrected chi connectivity index (χ2v) is 25.4. The van der Waals surface area contributed by atoms with E-state index in [9.17, 15) is 14.4 Å². The van der Waals surface area contributed by atoms with Gasteiger partial charge in [0.2, 0.25) is 5.13 Å². The molecule has 2 heterocycles. The smallest absolute Gasteiger partial charge is 0.343 e. The molecule has 13 rings (SSSR count). The number of esters is 3. The second-order valence-electron chi connectivity index (χ2n) is 24.4. The van der Waals surface area contributed by atoms with Gasteiger partial charge in [-0.2, -0.15) is 10.2 Å². The summed E-state index contributed by atoms with van der Waals surface area (Å²) in [6, 6.07) is 62.3. The third-order valence-electron chi connectivity index (χ3n) is 17.6. The molecule has 0 amide bonds. The number of carbonyl (C=O) groups is 3. The van der Waals surface area contributed by atoms with Crippen molar-refractivity contribution in [1.29, 1.82) is 0 Å². The molecule has 2 bridgehead atoms. The van der Waals surface area contributed by atoms with Gasteiger partial charge in [-0.05, 0) is 178 Å². The van der Waals surface area contributed by atoms with Crippen LogP contribution in [0.1, 0.15) is 125 Å². The van der Waals surface area contributed by atoms with E-state index in [0.717, 1.165) is 105 Å². The number of rotatable bonds is 24. The summed E-state index contributed by atoms with van der Waals surface area (Å²) in [5, 5.41) is 14.7. The van der Waals surface area contributed by atoms with Gasteiger partial charge in [-0.25, -0.2) is 14.6 Å². The molecule has 13 nitrogen and oxygen atoms in total. The van der Waals surface area contributed by atoms with Gasteiger partial charge < -0.3 is 23.7 Å². The number of aryl methyl sites for hydroxylation is 2. The molecule has 8 aromatic carbocycles. The predicted molar refractivity (Wildman–Crippen MR) is 359 cm³/mol. The number of nitrogens with one attached hydrogen (secondary N) is 1. The first-order valence-corrected chi connectivity index (χ1v) is 32.0. The van der Waals surface area contributed by atoms with Crippen molar-refractivity contribution in [2.45, 2.75) is 83.8 Å². The van der Waals surface area contributed by atoms with E-state index in [1.165, 1.54) is 11.3 Å². The van der Waals surface area contributed by atoms with Gasteiger partial charge in [0.15, 0.2) is 0 Å². The minimum Gasteiger partial charge on any atom is -0.494 e. The van der Waals surface area contributed by atoms with Crippen molar-refractivity contribution in [3.8, 4) is 50.1 Å². The van der Waals surface area contributed by atoms with Gasteiger partial charge >= 0.3 is 17.9 Å². The monoisotopic (exact) mass is 1220 g/mol. The largest absolute Gasteiger partial charge is 0.494 e. The van der Waals surface area contributed by atoms with E-state index < -0.39 is 11.9 Å². The van der Waals surface area contributed by atoms with E-state index in [1.807, 2.05) is 123 Å². The normalized spacial score (nSPS) is 18.1. The van der Waals surface area contributed by atoms with E-state index in [0.29, 0.717) is 82.5 Å². The van der Waals surface area contributed by atoms with Crippen molar-refractivity contribution in [1.82, 2.24) is 4.98 Å². The van der Waals surface area contributed by atoms with Gasteiger partial charge in [0.25, 0.3) is 0 Å². The lowest BCUT2D eigenvalue weighted by atomic mass is 9.78. The number of ether oxygens (including phenoxy) is 5. The predicted octanol–water partition coefficient (Wildman–Crippen LogP) is 16.9. The lowest BCUT2D eigenvalue weighted by Gasteiger charge is -2.28. The van der Waals surface area contributed by atoms with Crippen LogP contribution < -0.4 is 19.6 Å². The molecule has 4 atom stereocenters. The van der Waals surface area contributed by atoms with Crippen LogP contribution in [0.4, 0.5) is 5.13 Å². The standard InChI is InChI=1S/C77H69N5O8S/c1-76(2)71(90-76)55-31-33-56(34-32-55)72(83)88-66-40-29-50(44-58(66)48-78-81-69-64-24-14-12-22-62(64)63-23-13-15-25-65(63)69)26-27-51-30-41-67(59(45-51)49-79-82-75-80-68(53-18-8-6-9-19-53)70(91-75)54-20-10-7-11-21-54)89-73(84)57-35-38-61(39-36-57)86-42-16-4-5-17-43-87-74(85)77(3)47-52-28-37-60(77)46-52/h6-15,18-25,28-41,44-45,48-49,52,60,71H,4-5,16-17,26-27,42-43,46-47H2,1-3H3,(H,80,82)/b78-48+,79-49+. The Morgan fingerprint density at radius 3 is 1.77 bits per heavy atom. The number of hydrogen-bond acceptors (Lipinski definition) is 14. The molecule has 4 aliphatic rings. The highest BCUT2D eigenvalue weighted by Gasteiger charge is 2.51. The molecule has 9 aromatic rings. The molecule has 1 saturated carbocycles. The van der Waals surface area contributed by atoms with Gasteiger partial charge in [-0.1, -0.05) is 157 Å². The Morgan fingerprint density at radius 1 is 0.626 bits per heavy atom. The molecule has 0 radical (unpaired) electrons. The lowest BCUT2D eigenvalue weighted by molar-refractivity contribution is -0.156. The van der Waals surface area contributed by atoms with E-state index in [4.69, 9.17) is 38.9 Å². The first-order chi connectivity index (χ1) is 44.4. The zero-order chi connectivity index (χ0) is 62.3. The Labute approximate surface area is 534 Å². The number of thiazole rings is 1. The van der Waals surface area contributed by atoms with E-state index in [2.05, 4.69) is 66.0 Å². The number of hydrogen-bond donors (Lipinski definition) is 1. The molecule has 3 aliphatic carbocycles. The Balaban J connectivity index is 0.708. The Morgan fingerprint density at radius 2 is 1.19 bits per heavy atom. The highest BCUT2D eigenvalue weighted by Crippen LogP contribution is 2.53. The topological polar surface area (TPSA) is 163 Å². The molecule has 91 heavy (non-hydrogen) atoms. The van der Waals surface area contributed by atoms with Crippen LogP contribution in [0.2, 0.25) is 0 Å². The second kappa shape index (κ2) is 26.7. The summed E-state index contributed by atoms with van der Waals surface area (Å²) in [4.78, 5) is 46.6. The van der Waals surface area contributed by atoms with Crippen LogP contribution in [0.5, 0.6) is 17.2 Å². The first kappa shape index (κ1) is 60.0. The summed E-state index contributed by atoms with van der Waals surface area (Å²) in [6.45, 7) is 7.10. The van der Waals surface area contributed by atoms with Gasteiger partial charge in [0.1, 0.15) is 29.1 Å². The summed E-state index contributed by atoms with van der Waals surface area (Å²) >= 11 is 1.50. The summed E-state index contributed by atoms with van der Waals surface area (Å²) in [5.41, 5.74) is 15.2. The Bertz CT molecular complexity index is 4170. The first-order valence-electron chi connectivity index (χ1n) is 31.2. The number of anilines is 1. The molecule has 4 unspecified atom stereocenters. The molecular formula is C77H69N5O8S. The van der Waals surface area contributed by atoms with E-state index in [-0.39, 0.29) is 23.1 Å². The van der Waals surface area contributed by atoms with E-state index >= 15 is 0 Å². The fourth-order valence-electron chi connectivity index (χ4n) is 12.5. The molecule has 2 fully saturated rings. The van der Waals surface area contributed by atoms with Crippen molar-refractivity contribution in [3.05, 3.63) is 256 Å². The number of benzene rings is 8. The number of aromatic nitrogens is 1. The molecule has 1 saturated heterocycles. The van der Waals surface area contributed by atoms with Crippen molar-refractivity contribution >= 4 is 52.5 Å². The van der Waals surface area contributed by atoms with Crippen LogP contribution in [0.15, 0.2) is 222 Å². The molecule has 1 aliphatic heterocycles. The number of epoxide rings is 1. The molecule has 456 valence electrons. The van der Waals surface area contributed by atoms with Crippen LogP contribution in [0, 0.1) is 17.3 Å². The van der Waals surface area contributed by atoms with Gasteiger partial charge in [0, 0.05) is 27.8 Å². The fourth-order valence-corrected chi connectivity index (χ4v) is 13.4. The maximum absolute atomic E-state index is 13.9. The number of nitrogens with zero attached hydrogens (tertiary/aromatic N) is 4. The molecule has 1 N–H and O–H groups in total. The highest BCUT2D eigenvalue weighted by atomic mass is 32.1. The summed E-state index contributed by atoms with van der Waals surface area (Å²) < 4.78 is 29.9. The molecule has 14 heteroatoms. The molecule has 1 aromatic heterocycles. The van der Waals surface area contributed by atoms with Gasteiger partial charge in [-0.15, -0.1) is 5.10 Å². The maximum atomic E-state index is 13.9. The molecular weight excluding hydrogens is 1150 g/mol. The summed E-state index contributed by atoms with van der Waals surface area (Å²) in [7, 11) is 0. The summed E-state index contributed by atoms with van der Waals surface area (Å²) in [5.74, 6) is 1.02. The quantitative estimate of drug-likeness (QED) is 0.0117. The third-order valence-corrected chi connectivity index (χ3v) is 18.6. The van der Waals surface area contributed by atoms with Crippen LogP contribution in [0.25, 0.3) is 32.8 Å².